The van der Waals surface area contributed by atoms with Crippen LogP contribution in [0.3, 0.4) is 0 Å². The molecule has 3 heterocycles. The van der Waals surface area contributed by atoms with Crippen LogP contribution in [0.15, 0.2) is 55.0 Å². The van der Waals surface area contributed by atoms with E-state index in [4.69, 9.17) is 0 Å². The molecule has 6 heteroatoms. The van der Waals surface area contributed by atoms with Gasteiger partial charge in [0.1, 0.15) is 0 Å². The Balaban J connectivity index is 1.21. The number of pyridine rings is 1. The molecule has 4 rings (SSSR count). The minimum atomic E-state index is -0.0242. The molecule has 6 nitrogen and oxygen atoms in total. The van der Waals surface area contributed by atoms with Crippen LogP contribution in [0.1, 0.15) is 28.8 Å². The van der Waals surface area contributed by atoms with Gasteiger partial charge in [0, 0.05) is 80.6 Å². The van der Waals surface area contributed by atoms with Crippen LogP contribution in [0.5, 0.6) is 0 Å². The number of ketones is 1. The number of amides is 1. The lowest BCUT2D eigenvalue weighted by Crippen LogP contribution is -2.49. The first-order valence-corrected chi connectivity index (χ1v) is 10.2. The minimum Gasteiger partial charge on any atom is -0.361 e. The summed E-state index contributed by atoms with van der Waals surface area (Å²) in [5.41, 5.74) is 3.09. The molecule has 0 aliphatic carbocycles. The van der Waals surface area contributed by atoms with Gasteiger partial charge in [-0.15, -0.1) is 0 Å². The van der Waals surface area contributed by atoms with Crippen molar-refractivity contribution in [3.8, 4) is 0 Å². The zero-order valence-corrected chi connectivity index (χ0v) is 16.5. The molecule has 0 unspecified atom stereocenters. The number of para-hydroxylation sites is 1. The summed E-state index contributed by atoms with van der Waals surface area (Å²) in [6.45, 7) is 4.21. The molecule has 0 atom stereocenters. The number of H-pyrrole nitrogens is 1. The van der Waals surface area contributed by atoms with Crippen LogP contribution in [0.25, 0.3) is 10.9 Å². The molecule has 0 radical (unpaired) electrons. The van der Waals surface area contributed by atoms with Crippen LogP contribution < -0.4 is 0 Å². The third kappa shape index (κ3) is 4.71. The summed E-state index contributed by atoms with van der Waals surface area (Å²) in [5, 5.41) is 1.29. The number of benzene rings is 1. The van der Waals surface area contributed by atoms with Crippen LogP contribution in [-0.2, 0) is 11.2 Å². The molecule has 1 aliphatic heterocycles. The van der Waals surface area contributed by atoms with Gasteiger partial charge < -0.3 is 9.88 Å². The van der Waals surface area contributed by atoms with Crippen molar-refractivity contribution in [2.24, 2.45) is 0 Å². The third-order valence-electron chi connectivity index (χ3n) is 5.65. The van der Waals surface area contributed by atoms with Crippen molar-refractivity contribution >= 4 is 22.6 Å². The highest BCUT2D eigenvalue weighted by Gasteiger charge is 2.21. The third-order valence-corrected chi connectivity index (χ3v) is 5.65. The molecular weight excluding hydrogens is 364 g/mol. The Morgan fingerprint density at radius 3 is 2.62 bits per heavy atom. The molecule has 1 aromatic carbocycles. The number of carbonyl (C=O) groups is 2. The minimum absolute atomic E-state index is 0.0242. The monoisotopic (exact) mass is 390 g/mol. The first-order valence-electron chi connectivity index (χ1n) is 10.2. The average molecular weight is 390 g/mol. The number of Topliss-reactive ketones (excluding diaryl/α,β-unsaturated/α-hetero) is 1. The van der Waals surface area contributed by atoms with E-state index in [1.54, 1.807) is 24.5 Å². The number of rotatable bonds is 7. The number of piperazine rings is 1. The van der Waals surface area contributed by atoms with Crippen molar-refractivity contribution in [2.75, 3.05) is 32.7 Å². The summed E-state index contributed by atoms with van der Waals surface area (Å²) in [4.78, 5) is 36.2. The second kappa shape index (κ2) is 9.01. The number of aromatic nitrogens is 2. The largest absolute Gasteiger partial charge is 0.361 e. The molecule has 0 spiro atoms. The first-order chi connectivity index (χ1) is 14.2. The molecule has 3 aromatic rings. The van der Waals surface area contributed by atoms with Gasteiger partial charge in [-0.25, -0.2) is 0 Å². The Kier molecular flexibility index (Phi) is 6.00. The topological polar surface area (TPSA) is 69.3 Å². The van der Waals surface area contributed by atoms with E-state index in [-0.39, 0.29) is 24.5 Å². The lowest BCUT2D eigenvalue weighted by Gasteiger charge is -2.34. The highest BCUT2D eigenvalue weighted by Crippen LogP contribution is 2.18. The fraction of sp³-hybridized carbons (Fsp3) is 0.348. The van der Waals surface area contributed by atoms with Crippen molar-refractivity contribution in [1.29, 1.82) is 0 Å². The van der Waals surface area contributed by atoms with Crippen molar-refractivity contribution < 1.29 is 9.59 Å². The molecule has 29 heavy (non-hydrogen) atoms. The van der Waals surface area contributed by atoms with Gasteiger partial charge in [-0.2, -0.15) is 0 Å². The number of nitrogens with zero attached hydrogens (tertiary/aromatic N) is 3. The van der Waals surface area contributed by atoms with Gasteiger partial charge in [0.05, 0.1) is 0 Å². The molecule has 2 aromatic heterocycles. The summed E-state index contributed by atoms with van der Waals surface area (Å²) in [7, 11) is 0. The standard InChI is InChI=1S/C23H26N4O2/c28-22(19-4-3-10-24-16-19)7-8-23(29)27-14-12-26(13-15-27)11-9-18-17-25-21-6-2-1-5-20(18)21/h1-6,10,16-17,25H,7-9,11-15H2. The van der Waals surface area contributed by atoms with Gasteiger partial charge in [0.2, 0.25) is 5.91 Å². The number of aromatic amines is 1. The molecule has 0 saturated carbocycles. The predicted octanol–water partition coefficient (Wildman–Crippen LogP) is 2.91. The van der Waals surface area contributed by atoms with E-state index >= 15 is 0 Å². The van der Waals surface area contributed by atoms with Crippen molar-refractivity contribution in [2.45, 2.75) is 19.3 Å². The molecule has 1 amide bonds. The first kappa shape index (κ1) is 19.3. The number of hydrogen-bond donors (Lipinski definition) is 1. The Morgan fingerprint density at radius 1 is 1.00 bits per heavy atom. The van der Waals surface area contributed by atoms with E-state index < -0.39 is 0 Å². The highest BCUT2D eigenvalue weighted by molar-refractivity contribution is 5.97. The normalized spacial score (nSPS) is 15.0. The van der Waals surface area contributed by atoms with Gasteiger partial charge in [-0.1, -0.05) is 18.2 Å². The molecule has 150 valence electrons. The molecule has 0 bridgehead atoms. The summed E-state index contributed by atoms with van der Waals surface area (Å²) < 4.78 is 0. The molecule has 1 aliphatic rings. The van der Waals surface area contributed by atoms with E-state index in [0.29, 0.717) is 5.56 Å². The number of carbonyl (C=O) groups excluding carboxylic acids is 2. The van der Waals surface area contributed by atoms with Crippen LogP contribution in [0.4, 0.5) is 0 Å². The van der Waals surface area contributed by atoms with Crippen LogP contribution >= 0.6 is 0 Å². The van der Waals surface area contributed by atoms with Crippen molar-refractivity contribution in [1.82, 2.24) is 19.8 Å². The molecule has 1 fully saturated rings. The van der Waals surface area contributed by atoms with Gasteiger partial charge in [0.25, 0.3) is 0 Å². The summed E-state index contributed by atoms with van der Waals surface area (Å²) in [6.07, 6.45) is 6.80. The smallest absolute Gasteiger partial charge is 0.223 e. The van der Waals surface area contributed by atoms with Crippen LogP contribution in [0.2, 0.25) is 0 Å². The zero-order valence-electron chi connectivity index (χ0n) is 16.5. The maximum absolute atomic E-state index is 12.5. The lowest BCUT2D eigenvalue weighted by molar-refractivity contribution is -0.132. The maximum atomic E-state index is 12.5. The molecule has 1 saturated heterocycles. The number of nitrogens with one attached hydrogen (secondary N) is 1. The van der Waals surface area contributed by atoms with E-state index in [1.165, 1.54) is 16.5 Å². The lowest BCUT2D eigenvalue weighted by atomic mass is 10.1. The maximum Gasteiger partial charge on any atom is 0.223 e. The SMILES string of the molecule is O=C(CCC(=O)N1CCN(CCc2c[nH]c3ccccc23)CC1)c1cccnc1. The van der Waals surface area contributed by atoms with Crippen LogP contribution in [-0.4, -0.2) is 64.2 Å². The Hall–Kier alpha value is -2.99. The predicted molar refractivity (Wildman–Crippen MR) is 113 cm³/mol. The second-order valence-corrected chi connectivity index (χ2v) is 7.50. The summed E-state index contributed by atoms with van der Waals surface area (Å²) in [5.74, 6) is 0.0438. The Morgan fingerprint density at radius 2 is 1.83 bits per heavy atom. The molecular formula is C23H26N4O2. The fourth-order valence-corrected chi connectivity index (χ4v) is 3.89. The van der Waals surface area contributed by atoms with E-state index in [0.717, 1.165) is 39.1 Å². The van der Waals surface area contributed by atoms with Gasteiger partial charge >= 0.3 is 0 Å². The summed E-state index contributed by atoms with van der Waals surface area (Å²) >= 11 is 0. The highest BCUT2D eigenvalue weighted by atomic mass is 16.2. The van der Waals surface area contributed by atoms with Gasteiger partial charge in [-0.05, 0) is 30.2 Å². The number of fused-ring (bicyclic) bond motifs is 1. The summed E-state index contributed by atoms with van der Waals surface area (Å²) in [6, 6.07) is 11.9. The molecule has 1 N–H and O–H groups in total. The van der Waals surface area contributed by atoms with E-state index in [2.05, 4.69) is 39.3 Å². The van der Waals surface area contributed by atoms with Gasteiger partial charge in [0.15, 0.2) is 5.78 Å². The Bertz CT molecular complexity index is 975. The Labute approximate surface area is 170 Å². The second-order valence-electron chi connectivity index (χ2n) is 7.50. The van der Waals surface area contributed by atoms with Crippen LogP contribution in [0, 0.1) is 0 Å². The van der Waals surface area contributed by atoms with Crippen molar-refractivity contribution in [3.63, 3.8) is 0 Å². The van der Waals surface area contributed by atoms with Crippen molar-refractivity contribution in [3.05, 3.63) is 66.1 Å². The van der Waals surface area contributed by atoms with E-state index in [1.807, 2.05) is 11.0 Å². The average Bonchev–Trinajstić information content (AvgIpc) is 3.20. The van der Waals surface area contributed by atoms with Gasteiger partial charge in [-0.3, -0.25) is 19.5 Å². The fourth-order valence-electron chi connectivity index (χ4n) is 3.89. The quantitative estimate of drug-likeness (QED) is 0.630. The number of hydrogen-bond acceptors (Lipinski definition) is 4. The van der Waals surface area contributed by atoms with E-state index in [9.17, 15) is 9.59 Å². The zero-order chi connectivity index (χ0) is 20.1.